The van der Waals surface area contributed by atoms with Gasteiger partial charge in [0.25, 0.3) is 0 Å². The van der Waals surface area contributed by atoms with Gasteiger partial charge in [0.1, 0.15) is 5.02 Å². The third-order valence-corrected chi connectivity index (χ3v) is 3.54. The first kappa shape index (κ1) is 13.4. The number of likely N-dealkylation sites (N-methyl/N-ethyl adjacent to an activating group) is 1. The molecule has 0 spiro atoms. The Labute approximate surface area is 113 Å². The molecule has 1 aliphatic heterocycles. The minimum Gasteiger partial charge on any atom is -0.365 e. The SMILES string of the molecule is CCN1CCCC(Nc2nc(NC)ncc2Cl)C1. The van der Waals surface area contributed by atoms with E-state index in [1.165, 1.54) is 13.0 Å². The maximum absolute atomic E-state index is 6.11. The highest BCUT2D eigenvalue weighted by atomic mass is 35.5. The molecule has 2 rings (SSSR count). The number of nitrogens with one attached hydrogen (secondary N) is 2. The fourth-order valence-electron chi connectivity index (χ4n) is 2.24. The van der Waals surface area contributed by atoms with Gasteiger partial charge >= 0.3 is 0 Å². The highest BCUT2D eigenvalue weighted by Gasteiger charge is 2.19. The van der Waals surface area contributed by atoms with Crippen molar-refractivity contribution in [2.24, 2.45) is 0 Å². The molecule has 0 amide bonds. The van der Waals surface area contributed by atoms with E-state index in [-0.39, 0.29) is 0 Å². The van der Waals surface area contributed by atoms with Crippen molar-refractivity contribution in [3.8, 4) is 0 Å². The second-order valence-corrected chi connectivity index (χ2v) is 4.92. The van der Waals surface area contributed by atoms with E-state index in [0.29, 0.717) is 17.0 Å². The largest absolute Gasteiger partial charge is 0.365 e. The zero-order chi connectivity index (χ0) is 13.0. The topological polar surface area (TPSA) is 53.1 Å². The van der Waals surface area contributed by atoms with Crippen molar-refractivity contribution in [2.75, 3.05) is 37.3 Å². The van der Waals surface area contributed by atoms with Crippen LogP contribution in [0.3, 0.4) is 0 Å². The molecule has 5 nitrogen and oxygen atoms in total. The third-order valence-electron chi connectivity index (χ3n) is 3.26. The van der Waals surface area contributed by atoms with Crippen molar-refractivity contribution < 1.29 is 0 Å². The monoisotopic (exact) mass is 269 g/mol. The Bertz CT molecular complexity index is 398. The Balaban J connectivity index is 2.04. The molecule has 1 unspecified atom stereocenters. The number of anilines is 2. The summed E-state index contributed by atoms with van der Waals surface area (Å²) in [6, 6.07) is 0.413. The Hall–Kier alpha value is -1.07. The van der Waals surface area contributed by atoms with Gasteiger partial charge in [0.2, 0.25) is 5.95 Å². The Morgan fingerprint density at radius 1 is 1.56 bits per heavy atom. The maximum atomic E-state index is 6.11. The van der Waals surface area contributed by atoms with Crippen molar-refractivity contribution in [1.29, 1.82) is 0 Å². The lowest BCUT2D eigenvalue weighted by Crippen LogP contribution is -2.42. The molecule has 1 atom stereocenters. The van der Waals surface area contributed by atoms with E-state index < -0.39 is 0 Å². The zero-order valence-corrected chi connectivity index (χ0v) is 11.7. The highest BCUT2D eigenvalue weighted by molar-refractivity contribution is 6.32. The van der Waals surface area contributed by atoms with E-state index in [2.05, 4.69) is 32.4 Å². The highest BCUT2D eigenvalue weighted by Crippen LogP contribution is 2.22. The second-order valence-electron chi connectivity index (χ2n) is 4.52. The smallest absolute Gasteiger partial charge is 0.224 e. The number of piperidine rings is 1. The van der Waals surface area contributed by atoms with Gasteiger partial charge in [0, 0.05) is 19.6 Å². The van der Waals surface area contributed by atoms with Crippen LogP contribution in [0, 0.1) is 0 Å². The molecule has 0 saturated carbocycles. The molecule has 1 saturated heterocycles. The molecule has 0 radical (unpaired) electrons. The summed E-state index contributed by atoms with van der Waals surface area (Å²) < 4.78 is 0. The quantitative estimate of drug-likeness (QED) is 0.876. The fraction of sp³-hybridized carbons (Fsp3) is 0.667. The van der Waals surface area contributed by atoms with Crippen LogP contribution in [0.15, 0.2) is 6.20 Å². The first-order chi connectivity index (χ1) is 8.72. The summed E-state index contributed by atoms with van der Waals surface area (Å²) in [6.45, 7) is 5.52. The Kier molecular flexibility index (Phi) is 4.60. The van der Waals surface area contributed by atoms with E-state index in [4.69, 9.17) is 11.6 Å². The van der Waals surface area contributed by atoms with E-state index >= 15 is 0 Å². The minimum atomic E-state index is 0.413. The summed E-state index contributed by atoms with van der Waals surface area (Å²) in [7, 11) is 1.80. The van der Waals surface area contributed by atoms with Crippen molar-refractivity contribution in [3.05, 3.63) is 11.2 Å². The van der Waals surface area contributed by atoms with Crippen LogP contribution < -0.4 is 10.6 Å². The lowest BCUT2D eigenvalue weighted by molar-refractivity contribution is 0.226. The average Bonchev–Trinajstić information content (AvgIpc) is 2.41. The molecule has 2 heterocycles. The summed E-state index contributed by atoms with van der Waals surface area (Å²) in [5.74, 6) is 1.31. The molecule has 0 aromatic carbocycles. The molecular formula is C12H20ClN5. The fourth-order valence-corrected chi connectivity index (χ4v) is 2.39. The molecule has 1 aromatic rings. The van der Waals surface area contributed by atoms with Gasteiger partial charge in [0.05, 0.1) is 6.20 Å². The molecule has 18 heavy (non-hydrogen) atoms. The lowest BCUT2D eigenvalue weighted by atomic mass is 10.1. The standard InChI is InChI=1S/C12H20ClN5/c1-3-18-6-4-5-9(8-18)16-11-10(13)7-15-12(14-2)17-11/h7,9H,3-6,8H2,1-2H3,(H2,14,15,16,17). The Morgan fingerprint density at radius 2 is 2.39 bits per heavy atom. The molecule has 0 aliphatic carbocycles. The number of halogens is 1. The van der Waals surface area contributed by atoms with Gasteiger partial charge in [-0.2, -0.15) is 4.98 Å². The maximum Gasteiger partial charge on any atom is 0.224 e. The zero-order valence-electron chi connectivity index (χ0n) is 10.9. The van der Waals surface area contributed by atoms with Gasteiger partial charge in [-0.05, 0) is 25.9 Å². The molecule has 1 aliphatic rings. The first-order valence-corrected chi connectivity index (χ1v) is 6.80. The van der Waals surface area contributed by atoms with E-state index in [0.717, 1.165) is 25.3 Å². The molecule has 1 aromatic heterocycles. The van der Waals surface area contributed by atoms with Gasteiger partial charge < -0.3 is 15.5 Å². The van der Waals surface area contributed by atoms with Crippen LogP contribution in [-0.4, -0.2) is 47.6 Å². The van der Waals surface area contributed by atoms with Gasteiger partial charge in [-0.15, -0.1) is 0 Å². The summed E-state index contributed by atoms with van der Waals surface area (Å²) in [6.07, 6.45) is 4.00. The lowest BCUT2D eigenvalue weighted by Gasteiger charge is -2.32. The Morgan fingerprint density at radius 3 is 3.11 bits per heavy atom. The van der Waals surface area contributed by atoms with E-state index in [1.54, 1.807) is 13.2 Å². The van der Waals surface area contributed by atoms with Gasteiger partial charge in [-0.25, -0.2) is 4.98 Å². The first-order valence-electron chi connectivity index (χ1n) is 6.42. The third kappa shape index (κ3) is 3.23. The molecule has 2 N–H and O–H groups in total. The van der Waals surface area contributed by atoms with Crippen LogP contribution in [0.25, 0.3) is 0 Å². The number of rotatable bonds is 4. The summed E-state index contributed by atoms with van der Waals surface area (Å²) in [5.41, 5.74) is 0. The van der Waals surface area contributed by atoms with Gasteiger partial charge in [-0.3, -0.25) is 0 Å². The van der Waals surface area contributed by atoms with Crippen LogP contribution in [0.2, 0.25) is 5.02 Å². The van der Waals surface area contributed by atoms with Crippen LogP contribution in [-0.2, 0) is 0 Å². The minimum absolute atomic E-state index is 0.413. The van der Waals surface area contributed by atoms with E-state index in [9.17, 15) is 0 Å². The second kappa shape index (κ2) is 6.20. The van der Waals surface area contributed by atoms with Crippen molar-refractivity contribution in [1.82, 2.24) is 14.9 Å². The summed E-state index contributed by atoms with van der Waals surface area (Å²) in [5, 5.41) is 6.92. The molecule has 100 valence electrons. The number of likely N-dealkylation sites (tertiary alicyclic amines) is 1. The van der Waals surface area contributed by atoms with Crippen molar-refractivity contribution in [3.63, 3.8) is 0 Å². The number of aromatic nitrogens is 2. The average molecular weight is 270 g/mol. The number of hydrogen-bond donors (Lipinski definition) is 2. The van der Waals surface area contributed by atoms with Crippen molar-refractivity contribution in [2.45, 2.75) is 25.8 Å². The van der Waals surface area contributed by atoms with Crippen LogP contribution in [0.4, 0.5) is 11.8 Å². The van der Waals surface area contributed by atoms with Gasteiger partial charge in [0.15, 0.2) is 5.82 Å². The van der Waals surface area contributed by atoms with Crippen molar-refractivity contribution >= 4 is 23.4 Å². The molecule has 1 fully saturated rings. The normalized spacial score (nSPS) is 20.7. The number of hydrogen-bond acceptors (Lipinski definition) is 5. The molecule has 0 bridgehead atoms. The predicted molar refractivity (Wildman–Crippen MR) is 75.3 cm³/mol. The van der Waals surface area contributed by atoms with Crippen LogP contribution >= 0.6 is 11.6 Å². The molecular weight excluding hydrogens is 250 g/mol. The molecule has 6 heteroatoms. The number of nitrogens with zero attached hydrogens (tertiary/aromatic N) is 3. The van der Waals surface area contributed by atoms with Crippen LogP contribution in [0.1, 0.15) is 19.8 Å². The predicted octanol–water partition coefficient (Wildman–Crippen LogP) is 2.07. The summed E-state index contributed by atoms with van der Waals surface area (Å²) >= 11 is 6.11. The summed E-state index contributed by atoms with van der Waals surface area (Å²) in [4.78, 5) is 10.9. The van der Waals surface area contributed by atoms with Crippen LogP contribution in [0.5, 0.6) is 0 Å². The van der Waals surface area contributed by atoms with E-state index in [1.807, 2.05) is 0 Å². The van der Waals surface area contributed by atoms with Gasteiger partial charge in [-0.1, -0.05) is 18.5 Å².